The summed E-state index contributed by atoms with van der Waals surface area (Å²) in [6, 6.07) is 3.42. The number of nitrogens with one attached hydrogen (secondary N) is 2. The minimum atomic E-state index is -0.307. The fourth-order valence-electron chi connectivity index (χ4n) is 2.34. The molecule has 1 aliphatic carbocycles. The van der Waals surface area contributed by atoms with E-state index in [-0.39, 0.29) is 23.7 Å². The Balaban J connectivity index is 1.94. The molecule has 7 heteroatoms. The lowest BCUT2D eigenvalue weighted by atomic mass is 10.2. The first kappa shape index (κ1) is 17.6. The molecular weight excluding hydrogens is 320 g/mol. The highest BCUT2D eigenvalue weighted by atomic mass is 35.5. The molecule has 0 aromatic heterocycles. The second-order valence-corrected chi connectivity index (χ2v) is 5.93. The monoisotopic (exact) mass is 340 g/mol. The number of halogens is 1. The summed E-state index contributed by atoms with van der Waals surface area (Å²) in [6.45, 7) is 2.75. The van der Waals surface area contributed by atoms with Gasteiger partial charge in [0.05, 0.1) is 31.2 Å². The Labute approximate surface area is 140 Å². The van der Waals surface area contributed by atoms with Gasteiger partial charge in [0.25, 0.3) is 0 Å². The standard InChI is InChI=1S/C16H21ClN2O4/c1-9-6-13(14(23-3)8-12(9)17)19-16(21)11-7-10(11)15(20)18-4-5-22-2/h6,8,10-11H,4-5,7H2,1-3H3,(H,18,20)(H,19,21). The molecule has 23 heavy (non-hydrogen) atoms. The topological polar surface area (TPSA) is 76.7 Å². The molecule has 2 N–H and O–H groups in total. The molecule has 0 spiro atoms. The quantitative estimate of drug-likeness (QED) is 0.744. The fraction of sp³-hybridized carbons (Fsp3) is 0.500. The van der Waals surface area contributed by atoms with Gasteiger partial charge in [-0.05, 0) is 25.0 Å². The molecule has 0 bridgehead atoms. The first-order chi connectivity index (χ1) is 11.0. The number of anilines is 1. The third-order valence-corrected chi connectivity index (χ3v) is 4.22. The molecule has 2 unspecified atom stereocenters. The number of carbonyl (C=O) groups is 2. The highest BCUT2D eigenvalue weighted by Crippen LogP contribution is 2.40. The maximum absolute atomic E-state index is 12.3. The van der Waals surface area contributed by atoms with Crippen LogP contribution in [0.2, 0.25) is 5.02 Å². The molecule has 0 saturated heterocycles. The maximum Gasteiger partial charge on any atom is 0.228 e. The van der Waals surface area contributed by atoms with Crippen molar-refractivity contribution in [3.8, 4) is 5.75 Å². The van der Waals surface area contributed by atoms with E-state index >= 15 is 0 Å². The number of ether oxygens (including phenoxy) is 2. The first-order valence-corrected chi connectivity index (χ1v) is 7.77. The second kappa shape index (κ2) is 7.66. The van der Waals surface area contributed by atoms with Gasteiger partial charge in [-0.2, -0.15) is 0 Å². The summed E-state index contributed by atoms with van der Waals surface area (Å²) in [7, 11) is 3.08. The van der Waals surface area contributed by atoms with E-state index in [2.05, 4.69) is 10.6 Å². The van der Waals surface area contributed by atoms with E-state index in [0.717, 1.165) is 5.56 Å². The third kappa shape index (κ3) is 4.36. The molecule has 6 nitrogen and oxygen atoms in total. The number of hydrogen-bond acceptors (Lipinski definition) is 4. The Morgan fingerprint density at radius 1 is 1.26 bits per heavy atom. The van der Waals surface area contributed by atoms with Crippen molar-refractivity contribution in [1.82, 2.24) is 5.32 Å². The number of aryl methyl sites for hydroxylation is 1. The molecule has 1 fully saturated rings. The van der Waals surface area contributed by atoms with E-state index in [1.807, 2.05) is 6.92 Å². The van der Waals surface area contributed by atoms with Crippen molar-refractivity contribution in [3.05, 3.63) is 22.7 Å². The number of amides is 2. The van der Waals surface area contributed by atoms with E-state index < -0.39 is 0 Å². The highest BCUT2D eigenvalue weighted by Gasteiger charge is 2.48. The Kier molecular flexibility index (Phi) is 5.85. The SMILES string of the molecule is COCCNC(=O)C1CC1C(=O)Nc1cc(C)c(Cl)cc1OC. The number of rotatable bonds is 7. The lowest BCUT2D eigenvalue weighted by Gasteiger charge is -2.12. The molecule has 1 aromatic carbocycles. The summed E-state index contributed by atoms with van der Waals surface area (Å²) in [5.74, 6) is -0.376. The van der Waals surface area contributed by atoms with E-state index in [1.54, 1.807) is 19.2 Å². The van der Waals surface area contributed by atoms with Crippen LogP contribution >= 0.6 is 11.6 Å². The summed E-state index contributed by atoms with van der Waals surface area (Å²) in [5, 5.41) is 6.13. The summed E-state index contributed by atoms with van der Waals surface area (Å²) < 4.78 is 10.1. The van der Waals surface area contributed by atoms with Crippen molar-refractivity contribution in [2.24, 2.45) is 11.8 Å². The van der Waals surface area contributed by atoms with Gasteiger partial charge in [-0.1, -0.05) is 11.6 Å². The predicted molar refractivity (Wildman–Crippen MR) is 87.9 cm³/mol. The van der Waals surface area contributed by atoms with Crippen molar-refractivity contribution in [2.45, 2.75) is 13.3 Å². The van der Waals surface area contributed by atoms with Gasteiger partial charge in [0, 0.05) is 24.7 Å². The van der Waals surface area contributed by atoms with Gasteiger partial charge in [-0.3, -0.25) is 9.59 Å². The van der Waals surface area contributed by atoms with Crippen LogP contribution in [0, 0.1) is 18.8 Å². The second-order valence-electron chi connectivity index (χ2n) is 5.52. The van der Waals surface area contributed by atoms with E-state index in [0.29, 0.717) is 36.0 Å². The molecule has 1 aliphatic rings. The largest absolute Gasteiger partial charge is 0.495 e. The lowest BCUT2D eigenvalue weighted by molar-refractivity contribution is -0.125. The van der Waals surface area contributed by atoms with Gasteiger partial charge in [0.1, 0.15) is 5.75 Å². The van der Waals surface area contributed by atoms with Gasteiger partial charge >= 0.3 is 0 Å². The summed E-state index contributed by atoms with van der Waals surface area (Å²) in [5.41, 5.74) is 1.40. The summed E-state index contributed by atoms with van der Waals surface area (Å²) in [6.07, 6.45) is 0.555. The Bertz CT molecular complexity index is 606. The van der Waals surface area contributed by atoms with Crippen LogP contribution in [0.15, 0.2) is 12.1 Å². The molecular formula is C16H21ClN2O4. The van der Waals surface area contributed by atoms with Crippen LogP contribution in [0.3, 0.4) is 0 Å². The first-order valence-electron chi connectivity index (χ1n) is 7.39. The molecule has 0 aliphatic heterocycles. The van der Waals surface area contributed by atoms with Crippen molar-refractivity contribution < 1.29 is 19.1 Å². The zero-order valence-electron chi connectivity index (χ0n) is 13.4. The minimum Gasteiger partial charge on any atom is -0.495 e. The van der Waals surface area contributed by atoms with Crippen LogP contribution in [0.4, 0.5) is 5.69 Å². The van der Waals surface area contributed by atoms with Crippen LogP contribution in [-0.4, -0.2) is 39.2 Å². The van der Waals surface area contributed by atoms with Gasteiger partial charge < -0.3 is 20.1 Å². The molecule has 0 radical (unpaired) electrons. The normalized spacial score (nSPS) is 19.1. The molecule has 126 valence electrons. The average Bonchev–Trinajstić information content (AvgIpc) is 3.31. The van der Waals surface area contributed by atoms with E-state index in [9.17, 15) is 9.59 Å². The zero-order chi connectivity index (χ0) is 17.0. The Morgan fingerprint density at radius 2 is 1.96 bits per heavy atom. The zero-order valence-corrected chi connectivity index (χ0v) is 14.2. The van der Waals surface area contributed by atoms with Crippen molar-refractivity contribution in [1.29, 1.82) is 0 Å². The van der Waals surface area contributed by atoms with Gasteiger partial charge in [0.2, 0.25) is 11.8 Å². The molecule has 0 heterocycles. The maximum atomic E-state index is 12.3. The van der Waals surface area contributed by atoms with Gasteiger partial charge in [0.15, 0.2) is 0 Å². The smallest absolute Gasteiger partial charge is 0.228 e. The van der Waals surface area contributed by atoms with Crippen LogP contribution in [0.25, 0.3) is 0 Å². The van der Waals surface area contributed by atoms with Crippen molar-refractivity contribution in [2.75, 3.05) is 32.7 Å². The van der Waals surface area contributed by atoms with Crippen LogP contribution < -0.4 is 15.4 Å². The number of carbonyl (C=O) groups excluding carboxylic acids is 2. The van der Waals surface area contributed by atoms with Gasteiger partial charge in [-0.25, -0.2) is 0 Å². The van der Waals surface area contributed by atoms with Crippen LogP contribution in [0.5, 0.6) is 5.75 Å². The average molecular weight is 341 g/mol. The highest BCUT2D eigenvalue weighted by molar-refractivity contribution is 6.31. The minimum absolute atomic E-state index is 0.110. The third-order valence-electron chi connectivity index (χ3n) is 3.81. The fourth-order valence-corrected chi connectivity index (χ4v) is 2.49. The molecule has 2 atom stereocenters. The van der Waals surface area contributed by atoms with Gasteiger partial charge in [-0.15, -0.1) is 0 Å². The lowest BCUT2D eigenvalue weighted by Crippen LogP contribution is -2.30. The summed E-state index contributed by atoms with van der Waals surface area (Å²) >= 11 is 6.05. The number of benzene rings is 1. The van der Waals surface area contributed by atoms with Crippen molar-refractivity contribution in [3.63, 3.8) is 0 Å². The van der Waals surface area contributed by atoms with E-state index in [1.165, 1.54) is 7.11 Å². The van der Waals surface area contributed by atoms with Crippen molar-refractivity contribution >= 4 is 29.1 Å². The molecule has 1 aromatic rings. The molecule has 2 amide bonds. The number of methoxy groups -OCH3 is 2. The Morgan fingerprint density at radius 3 is 2.61 bits per heavy atom. The van der Waals surface area contributed by atoms with E-state index in [4.69, 9.17) is 21.1 Å². The van der Waals surface area contributed by atoms with Crippen LogP contribution in [0.1, 0.15) is 12.0 Å². The molecule has 2 rings (SSSR count). The molecule has 1 saturated carbocycles. The summed E-state index contributed by atoms with van der Waals surface area (Å²) in [4.78, 5) is 24.2. The predicted octanol–water partition coefficient (Wildman–Crippen LogP) is 1.99. The Hall–Kier alpha value is -1.79. The van der Waals surface area contributed by atoms with Crippen LogP contribution in [-0.2, 0) is 14.3 Å². The number of hydrogen-bond donors (Lipinski definition) is 2.